The molecule has 0 aliphatic heterocycles. The molecular formula is C16H31N5OS. The number of aliphatic imine (C=N–C) groups is 1. The molecule has 0 fully saturated rings. The highest BCUT2D eigenvalue weighted by molar-refractivity contribution is 7.86. The van der Waals surface area contributed by atoms with Crippen LogP contribution >= 0.6 is 0 Å². The molecule has 1 rings (SSSR count). The van der Waals surface area contributed by atoms with Gasteiger partial charge in [-0.2, -0.15) is 5.10 Å². The highest BCUT2D eigenvalue weighted by Crippen LogP contribution is 2.13. The smallest absolute Gasteiger partial charge is 0.191 e. The number of guanidine groups is 1. The molecule has 23 heavy (non-hydrogen) atoms. The summed E-state index contributed by atoms with van der Waals surface area (Å²) in [5.41, 5.74) is 3.30. The van der Waals surface area contributed by atoms with Crippen molar-refractivity contribution in [2.45, 2.75) is 52.8 Å². The van der Waals surface area contributed by atoms with Crippen molar-refractivity contribution in [2.24, 2.45) is 12.0 Å². The third kappa shape index (κ3) is 5.97. The number of aryl methyl sites for hydroxylation is 2. The zero-order valence-electron chi connectivity index (χ0n) is 15.5. The average Bonchev–Trinajstić information content (AvgIpc) is 2.68. The van der Waals surface area contributed by atoms with Crippen molar-refractivity contribution in [1.82, 2.24) is 20.4 Å². The normalized spacial score (nSPS) is 14.0. The van der Waals surface area contributed by atoms with Crippen LogP contribution in [0.15, 0.2) is 4.99 Å². The van der Waals surface area contributed by atoms with E-state index in [1.807, 2.05) is 46.3 Å². The first-order chi connectivity index (χ1) is 10.7. The van der Waals surface area contributed by atoms with E-state index in [4.69, 9.17) is 0 Å². The molecule has 0 bridgehead atoms. The van der Waals surface area contributed by atoms with Gasteiger partial charge in [0, 0.05) is 52.7 Å². The van der Waals surface area contributed by atoms with E-state index in [1.54, 1.807) is 0 Å². The number of hydrogen-bond donors (Lipinski definition) is 2. The Bertz CT molecular complexity index is 572. The number of aromatic nitrogens is 2. The Morgan fingerprint density at radius 3 is 2.43 bits per heavy atom. The maximum absolute atomic E-state index is 12.1. The molecule has 1 atom stereocenters. The van der Waals surface area contributed by atoms with Gasteiger partial charge < -0.3 is 10.6 Å². The van der Waals surface area contributed by atoms with Crippen LogP contribution in [-0.4, -0.2) is 43.5 Å². The van der Waals surface area contributed by atoms with Gasteiger partial charge in [0.05, 0.1) is 12.2 Å². The predicted molar refractivity (Wildman–Crippen MR) is 98.3 cm³/mol. The van der Waals surface area contributed by atoms with Crippen LogP contribution in [-0.2, 0) is 24.4 Å². The van der Waals surface area contributed by atoms with Crippen molar-refractivity contribution in [3.05, 3.63) is 17.0 Å². The third-order valence-electron chi connectivity index (χ3n) is 3.66. The summed E-state index contributed by atoms with van der Waals surface area (Å²) in [5.74, 6) is 1.36. The molecule has 1 aromatic heterocycles. The SMILES string of the molecule is CCNC(=NCc1c(C)nn(C)c1C)NCCS(=O)C(C)(C)C. The van der Waals surface area contributed by atoms with Crippen LogP contribution < -0.4 is 10.6 Å². The minimum Gasteiger partial charge on any atom is -0.357 e. The fourth-order valence-corrected chi connectivity index (χ4v) is 3.01. The Morgan fingerprint density at radius 1 is 1.30 bits per heavy atom. The standard InChI is InChI=1S/C16H31N5OS/c1-8-17-15(18-9-10-23(22)16(4,5)6)19-11-14-12(2)20-21(7)13(14)3/h8-11H2,1-7H3,(H2,17,18,19). The highest BCUT2D eigenvalue weighted by atomic mass is 32.2. The van der Waals surface area contributed by atoms with E-state index in [0.29, 0.717) is 18.8 Å². The van der Waals surface area contributed by atoms with Gasteiger partial charge in [0.1, 0.15) is 0 Å². The monoisotopic (exact) mass is 341 g/mol. The summed E-state index contributed by atoms with van der Waals surface area (Å²) in [4.78, 5) is 4.62. The van der Waals surface area contributed by atoms with E-state index in [0.717, 1.165) is 29.5 Å². The maximum Gasteiger partial charge on any atom is 0.191 e. The fraction of sp³-hybridized carbons (Fsp3) is 0.750. The topological polar surface area (TPSA) is 71.3 Å². The molecule has 7 heteroatoms. The van der Waals surface area contributed by atoms with E-state index in [2.05, 4.69) is 27.6 Å². The molecule has 132 valence electrons. The first-order valence-corrected chi connectivity index (χ1v) is 9.38. The summed E-state index contributed by atoms with van der Waals surface area (Å²) in [6.45, 7) is 14.1. The van der Waals surface area contributed by atoms with Gasteiger partial charge in [-0.15, -0.1) is 0 Å². The molecule has 6 nitrogen and oxygen atoms in total. The molecule has 0 saturated carbocycles. The van der Waals surface area contributed by atoms with Gasteiger partial charge in [-0.25, -0.2) is 4.99 Å². The van der Waals surface area contributed by atoms with E-state index in [9.17, 15) is 4.21 Å². The Kier molecular flexibility index (Phi) is 7.25. The zero-order valence-corrected chi connectivity index (χ0v) is 16.3. The second kappa shape index (κ2) is 8.47. The Hall–Kier alpha value is -1.37. The lowest BCUT2D eigenvalue weighted by Crippen LogP contribution is -2.40. The molecular weight excluding hydrogens is 310 g/mol. The van der Waals surface area contributed by atoms with Gasteiger partial charge in [0.2, 0.25) is 0 Å². The van der Waals surface area contributed by atoms with Crippen molar-refractivity contribution in [3.63, 3.8) is 0 Å². The van der Waals surface area contributed by atoms with Gasteiger partial charge in [0.15, 0.2) is 5.96 Å². The summed E-state index contributed by atoms with van der Waals surface area (Å²) in [6, 6.07) is 0. The molecule has 0 radical (unpaired) electrons. The molecule has 2 N–H and O–H groups in total. The van der Waals surface area contributed by atoms with Crippen LogP contribution in [0.1, 0.15) is 44.6 Å². The predicted octanol–water partition coefficient (Wildman–Crippen LogP) is 1.64. The molecule has 0 aromatic carbocycles. The molecule has 1 heterocycles. The summed E-state index contributed by atoms with van der Waals surface area (Å²) in [6.07, 6.45) is 0. The molecule has 0 saturated heterocycles. The second-order valence-corrected chi connectivity index (χ2v) is 8.88. The largest absolute Gasteiger partial charge is 0.357 e. The van der Waals surface area contributed by atoms with Crippen LogP contribution in [0.5, 0.6) is 0 Å². The van der Waals surface area contributed by atoms with Crippen LogP contribution in [0.2, 0.25) is 0 Å². The van der Waals surface area contributed by atoms with Crippen LogP contribution in [0.4, 0.5) is 0 Å². The number of nitrogens with zero attached hydrogens (tertiary/aromatic N) is 3. The van der Waals surface area contributed by atoms with Crippen molar-refractivity contribution in [1.29, 1.82) is 0 Å². The van der Waals surface area contributed by atoms with Gasteiger partial charge in [-0.05, 0) is 41.5 Å². The first kappa shape index (κ1) is 19.7. The fourth-order valence-electron chi connectivity index (χ4n) is 2.11. The zero-order chi connectivity index (χ0) is 17.6. The van der Waals surface area contributed by atoms with Crippen LogP contribution in [0, 0.1) is 13.8 Å². The first-order valence-electron chi connectivity index (χ1n) is 8.06. The quantitative estimate of drug-likeness (QED) is 0.609. The number of rotatable bonds is 6. The van der Waals surface area contributed by atoms with Crippen molar-refractivity contribution < 1.29 is 4.21 Å². The van der Waals surface area contributed by atoms with Gasteiger partial charge in [-0.1, -0.05) is 0 Å². The van der Waals surface area contributed by atoms with Gasteiger partial charge in [-0.3, -0.25) is 8.89 Å². The lowest BCUT2D eigenvalue weighted by atomic mass is 10.2. The van der Waals surface area contributed by atoms with E-state index in [-0.39, 0.29) is 4.75 Å². The van der Waals surface area contributed by atoms with Crippen LogP contribution in [0.3, 0.4) is 0 Å². The highest BCUT2D eigenvalue weighted by Gasteiger charge is 2.18. The number of nitrogens with one attached hydrogen (secondary N) is 2. The summed E-state index contributed by atoms with van der Waals surface area (Å²) in [7, 11) is 1.09. The van der Waals surface area contributed by atoms with E-state index >= 15 is 0 Å². The Balaban J connectivity index is 2.65. The lowest BCUT2D eigenvalue weighted by Gasteiger charge is -2.18. The van der Waals surface area contributed by atoms with E-state index in [1.165, 1.54) is 0 Å². The average molecular weight is 342 g/mol. The minimum atomic E-state index is -0.860. The number of hydrogen-bond acceptors (Lipinski definition) is 3. The minimum absolute atomic E-state index is 0.179. The summed E-state index contributed by atoms with van der Waals surface area (Å²) < 4.78 is 13.8. The Labute approximate surface area is 142 Å². The lowest BCUT2D eigenvalue weighted by molar-refractivity contribution is 0.647. The molecule has 1 aromatic rings. The molecule has 0 aliphatic carbocycles. The van der Waals surface area contributed by atoms with E-state index < -0.39 is 10.8 Å². The van der Waals surface area contributed by atoms with Crippen molar-refractivity contribution >= 4 is 16.8 Å². The van der Waals surface area contributed by atoms with Crippen molar-refractivity contribution in [3.8, 4) is 0 Å². The summed E-state index contributed by atoms with van der Waals surface area (Å²) in [5, 5.41) is 10.9. The summed E-state index contributed by atoms with van der Waals surface area (Å²) >= 11 is 0. The van der Waals surface area contributed by atoms with Crippen molar-refractivity contribution in [2.75, 3.05) is 18.8 Å². The van der Waals surface area contributed by atoms with Crippen LogP contribution in [0.25, 0.3) is 0 Å². The second-order valence-electron chi connectivity index (χ2n) is 6.56. The van der Waals surface area contributed by atoms with Gasteiger partial charge >= 0.3 is 0 Å². The maximum atomic E-state index is 12.1. The molecule has 0 spiro atoms. The van der Waals surface area contributed by atoms with Gasteiger partial charge in [0.25, 0.3) is 0 Å². The molecule has 1 unspecified atom stereocenters. The third-order valence-corrected chi connectivity index (χ3v) is 5.60. The molecule has 0 aliphatic rings. The molecule has 0 amide bonds. The Morgan fingerprint density at radius 2 is 1.96 bits per heavy atom.